The molecule has 0 radical (unpaired) electrons. The molecule has 184 valence electrons. The van der Waals surface area contributed by atoms with Crippen molar-refractivity contribution in [1.82, 2.24) is 0 Å². The van der Waals surface area contributed by atoms with Gasteiger partial charge in [0, 0.05) is 0 Å². The van der Waals surface area contributed by atoms with Gasteiger partial charge in [-0.1, -0.05) is 0 Å². The van der Waals surface area contributed by atoms with Gasteiger partial charge in [0.2, 0.25) is 0 Å². The molecule has 2 aromatic rings. The van der Waals surface area contributed by atoms with E-state index < -0.39 is 67.8 Å². The third-order valence-electron chi connectivity index (χ3n) is 5.41. The zero-order valence-corrected chi connectivity index (χ0v) is 20.1. The minimum absolute atomic E-state index is 0.285. The first-order valence-electron chi connectivity index (χ1n) is 10.2. The first-order valence-corrected chi connectivity index (χ1v) is 14.7. The summed E-state index contributed by atoms with van der Waals surface area (Å²) in [5.41, 5.74) is -2.44. The Labute approximate surface area is 200 Å². The second kappa shape index (κ2) is 9.41. The maximum absolute atomic E-state index is 14.8. The van der Waals surface area contributed by atoms with Gasteiger partial charge in [-0.25, -0.2) is 0 Å². The molecule has 2 aliphatic rings. The zero-order valence-electron chi connectivity index (χ0n) is 17.7. The number of alkyl halides is 6. The number of allylic oxidation sites excluding steroid dienone is 8. The van der Waals surface area contributed by atoms with Gasteiger partial charge in [-0.05, 0) is 0 Å². The van der Waals surface area contributed by atoms with Crippen molar-refractivity contribution in [2.24, 2.45) is 0 Å². The summed E-state index contributed by atoms with van der Waals surface area (Å²) in [4.78, 5) is 0. The fourth-order valence-electron chi connectivity index (χ4n) is 3.70. The van der Waals surface area contributed by atoms with Gasteiger partial charge < -0.3 is 0 Å². The maximum atomic E-state index is 14.8. The Kier molecular flexibility index (Phi) is 6.83. The number of rotatable bonds is 6. The van der Waals surface area contributed by atoms with Gasteiger partial charge >= 0.3 is 201 Å². The number of hydrogen-bond donors (Lipinski definition) is 0. The molecule has 0 fully saturated rings. The van der Waals surface area contributed by atoms with E-state index in [9.17, 15) is 35.1 Å². The SMILES string of the molecule is Fc1cc(C(F)(F)F)ccc1[O][Zr]([O]c1ccc(C(F)(F)F)cc1F)([C]1=CC=CC1)[C]1=CC=CC1. The molecule has 0 atom stereocenters. The third-order valence-corrected chi connectivity index (χ3v) is 13.9. The van der Waals surface area contributed by atoms with Crippen LogP contribution in [0.4, 0.5) is 35.1 Å². The molecule has 0 heterocycles. The second-order valence-corrected chi connectivity index (χ2v) is 14.9. The van der Waals surface area contributed by atoms with Crippen LogP contribution < -0.4 is 5.63 Å². The molecule has 0 spiro atoms. The summed E-state index contributed by atoms with van der Waals surface area (Å²) >= 11 is -5.07. The van der Waals surface area contributed by atoms with Gasteiger partial charge in [-0.15, -0.1) is 0 Å². The van der Waals surface area contributed by atoms with E-state index in [2.05, 4.69) is 0 Å². The molecule has 4 rings (SSSR count). The van der Waals surface area contributed by atoms with Crippen molar-refractivity contribution in [3.8, 4) is 11.5 Å². The van der Waals surface area contributed by atoms with E-state index in [0.29, 0.717) is 18.7 Å². The molecule has 0 amide bonds. The third kappa shape index (κ3) is 5.29. The van der Waals surface area contributed by atoms with E-state index in [1.807, 2.05) is 0 Å². The van der Waals surface area contributed by atoms with Crippen molar-refractivity contribution >= 4 is 0 Å². The monoisotopic (exact) mass is 578 g/mol. The molecule has 0 aromatic heterocycles. The van der Waals surface area contributed by atoms with Gasteiger partial charge in [-0.3, -0.25) is 0 Å². The van der Waals surface area contributed by atoms with Gasteiger partial charge in [0.15, 0.2) is 0 Å². The van der Waals surface area contributed by atoms with Crippen molar-refractivity contribution in [1.29, 1.82) is 0 Å². The molecule has 0 bridgehead atoms. The van der Waals surface area contributed by atoms with Crippen molar-refractivity contribution in [2.75, 3.05) is 0 Å². The van der Waals surface area contributed by atoms with Gasteiger partial charge in [0.1, 0.15) is 0 Å². The molecule has 0 saturated carbocycles. The molecule has 2 aliphatic carbocycles. The summed E-state index contributed by atoms with van der Waals surface area (Å²) < 4.78 is 121. The van der Waals surface area contributed by atoms with Gasteiger partial charge in [-0.2, -0.15) is 0 Å². The molecule has 0 saturated heterocycles. The average molecular weight is 580 g/mol. The summed E-state index contributed by atoms with van der Waals surface area (Å²) in [5.74, 6) is -3.64. The molecular formula is C24H16F8O2Zr. The Morgan fingerprint density at radius 2 is 1.03 bits per heavy atom. The van der Waals surface area contributed by atoms with Crippen LogP contribution in [0.25, 0.3) is 0 Å². The summed E-state index contributed by atoms with van der Waals surface area (Å²) in [7, 11) is 0. The van der Waals surface area contributed by atoms with E-state index in [4.69, 9.17) is 5.63 Å². The van der Waals surface area contributed by atoms with E-state index in [1.54, 1.807) is 36.5 Å². The van der Waals surface area contributed by atoms with Crippen molar-refractivity contribution < 1.29 is 61.9 Å². The van der Waals surface area contributed by atoms with Crippen molar-refractivity contribution in [3.63, 3.8) is 0 Å². The molecule has 0 N–H and O–H groups in total. The average Bonchev–Trinajstić information content (AvgIpc) is 3.49. The predicted molar refractivity (Wildman–Crippen MR) is 108 cm³/mol. The topological polar surface area (TPSA) is 18.5 Å². The summed E-state index contributed by atoms with van der Waals surface area (Å²) in [5, 5.41) is 0. The minimum atomic E-state index is -5.07. The van der Waals surface area contributed by atoms with Crippen LogP contribution in [0.15, 0.2) is 79.4 Å². The Balaban J connectivity index is 1.81. The number of benzene rings is 2. The molecule has 2 aromatic carbocycles. The van der Waals surface area contributed by atoms with Crippen LogP contribution in [0.3, 0.4) is 0 Å². The standard InChI is InChI=1S/2C7H4F4O.2C5H5.Zr/c2*8-5-3-4(7(9,10)11)1-2-6(5)12;2*1-2-4-5-3-1;/h2*1-3,12H;2*1-3H,4H2;/q;;;;+2/p-2. The molecule has 0 aliphatic heterocycles. The number of halogens is 8. The van der Waals surface area contributed by atoms with Crippen LogP contribution >= 0.6 is 0 Å². The quantitative estimate of drug-likeness (QED) is 0.322. The Bertz CT molecular complexity index is 1160. The van der Waals surface area contributed by atoms with Crippen LogP contribution in [-0.2, 0) is 33.5 Å². The van der Waals surface area contributed by atoms with Crippen LogP contribution in [0.2, 0.25) is 0 Å². The van der Waals surface area contributed by atoms with E-state index in [0.717, 1.165) is 12.1 Å². The first kappa shape index (κ1) is 25.4. The summed E-state index contributed by atoms with van der Waals surface area (Å²) in [6.07, 6.45) is 1.11. The molecule has 0 unspecified atom stereocenters. The fraction of sp³-hybridized carbons (Fsp3) is 0.167. The molecule has 2 nitrogen and oxygen atoms in total. The summed E-state index contributed by atoms with van der Waals surface area (Å²) in [6.45, 7) is 0. The molecule has 35 heavy (non-hydrogen) atoms. The van der Waals surface area contributed by atoms with Crippen LogP contribution in [-0.4, -0.2) is 0 Å². The van der Waals surface area contributed by atoms with E-state index in [1.165, 1.54) is 0 Å². The van der Waals surface area contributed by atoms with Crippen LogP contribution in [0.5, 0.6) is 11.5 Å². The van der Waals surface area contributed by atoms with Crippen molar-refractivity contribution in [2.45, 2.75) is 25.2 Å². The Hall–Kier alpha value is -2.68. The van der Waals surface area contributed by atoms with Gasteiger partial charge in [0.05, 0.1) is 0 Å². The second-order valence-electron chi connectivity index (χ2n) is 7.75. The first-order chi connectivity index (χ1) is 16.4. The predicted octanol–water partition coefficient (Wildman–Crippen LogP) is 8.13. The summed E-state index contributed by atoms with van der Waals surface area (Å²) in [6, 6.07) is 3.51. The Morgan fingerprint density at radius 1 is 0.629 bits per heavy atom. The van der Waals surface area contributed by atoms with Crippen LogP contribution in [0.1, 0.15) is 24.0 Å². The fourth-order valence-corrected chi connectivity index (χ4v) is 11.9. The van der Waals surface area contributed by atoms with Crippen LogP contribution in [0, 0.1) is 11.6 Å². The van der Waals surface area contributed by atoms with E-state index in [-0.39, 0.29) is 25.0 Å². The number of hydrogen-bond acceptors (Lipinski definition) is 2. The van der Waals surface area contributed by atoms with Gasteiger partial charge in [0.25, 0.3) is 0 Å². The normalized spacial score (nSPS) is 15.9. The zero-order chi connectivity index (χ0) is 25.4. The van der Waals surface area contributed by atoms with E-state index >= 15 is 0 Å². The Morgan fingerprint density at radius 3 is 1.31 bits per heavy atom. The molecular weight excluding hydrogens is 563 g/mol. The van der Waals surface area contributed by atoms with Crippen molar-refractivity contribution in [3.05, 3.63) is 102 Å². The molecule has 11 heteroatoms.